The SMILES string of the molecule is CCn1c(C(O)(c2ccccc2)c2ccccc2)nc2ccc(C(=O)C(F)(F)C(=O)O)cc21. The van der Waals surface area contributed by atoms with Crippen LogP contribution in [0.2, 0.25) is 0 Å². The van der Waals surface area contributed by atoms with Gasteiger partial charge in [0.15, 0.2) is 11.4 Å². The minimum absolute atomic E-state index is 0.243. The minimum atomic E-state index is -4.55. The minimum Gasteiger partial charge on any atom is -0.476 e. The number of hydrogen-bond acceptors (Lipinski definition) is 4. The van der Waals surface area contributed by atoms with E-state index in [1.165, 1.54) is 12.1 Å². The lowest BCUT2D eigenvalue weighted by Crippen LogP contribution is -2.37. The average molecular weight is 450 g/mol. The van der Waals surface area contributed by atoms with Crippen LogP contribution in [-0.2, 0) is 16.9 Å². The van der Waals surface area contributed by atoms with Crippen molar-refractivity contribution in [2.75, 3.05) is 0 Å². The molecule has 0 aliphatic carbocycles. The van der Waals surface area contributed by atoms with E-state index in [1.54, 1.807) is 60.0 Å². The van der Waals surface area contributed by atoms with Crippen molar-refractivity contribution in [1.29, 1.82) is 0 Å². The predicted octanol–water partition coefficient (Wildman–Crippen LogP) is 4.24. The number of nitrogens with zero attached hydrogens (tertiary/aromatic N) is 2. The Balaban J connectivity index is 1.97. The Labute approximate surface area is 187 Å². The van der Waals surface area contributed by atoms with Crippen LogP contribution in [0.25, 0.3) is 11.0 Å². The predicted molar refractivity (Wildman–Crippen MR) is 117 cm³/mol. The maximum Gasteiger partial charge on any atom is 0.404 e. The van der Waals surface area contributed by atoms with Gasteiger partial charge in [0.2, 0.25) is 5.78 Å². The summed E-state index contributed by atoms with van der Waals surface area (Å²) in [6.07, 6.45) is 0. The smallest absolute Gasteiger partial charge is 0.404 e. The highest BCUT2D eigenvalue weighted by molar-refractivity contribution is 6.14. The van der Waals surface area contributed by atoms with E-state index in [9.17, 15) is 23.5 Å². The molecule has 0 atom stereocenters. The molecule has 1 aromatic heterocycles. The number of ketones is 1. The molecule has 6 nitrogen and oxygen atoms in total. The number of imidazole rings is 1. The first kappa shape index (κ1) is 22.3. The largest absolute Gasteiger partial charge is 0.476 e. The fraction of sp³-hybridized carbons (Fsp3) is 0.160. The summed E-state index contributed by atoms with van der Waals surface area (Å²) < 4.78 is 29.3. The fourth-order valence-corrected chi connectivity index (χ4v) is 3.92. The summed E-state index contributed by atoms with van der Waals surface area (Å²) in [5.41, 5.74) is -0.340. The zero-order valence-corrected chi connectivity index (χ0v) is 17.6. The molecular weight excluding hydrogens is 430 g/mol. The Morgan fingerprint density at radius 3 is 1.97 bits per heavy atom. The Morgan fingerprint density at radius 2 is 1.48 bits per heavy atom. The van der Waals surface area contributed by atoms with Gasteiger partial charge in [-0.05, 0) is 36.2 Å². The van der Waals surface area contributed by atoms with E-state index >= 15 is 0 Å². The van der Waals surface area contributed by atoms with Crippen LogP contribution in [0, 0.1) is 0 Å². The number of carboxylic acids is 1. The van der Waals surface area contributed by atoms with Crippen molar-refractivity contribution in [2.24, 2.45) is 0 Å². The van der Waals surface area contributed by atoms with Crippen molar-refractivity contribution in [3.63, 3.8) is 0 Å². The van der Waals surface area contributed by atoms with E-state index in [0.29, 0.717) is 28.7 Å². The van der Waals surface area contributed by atoms with Crippen LogP contribution in [0.1, 0.15) is 34.2 Å². The van der Waals surface area contributed by atoms with Gasteiger partial charge in [0, 0.05) is 12.1 Å². The molecule has 0 spiro atoms. The molecule has 0 fully saturated rings. The van der Waals surface area contributed by atoms with E-state index < -0.39 is 28.8 Å². The molecular formula is C25H20F2N2O4. The lowest BCUT2D eigenvalue weighted by Gasteiger charge is -2.29. The standard InChI is InChI=1S/C25H20F2N2O4/c1-2-29-20-15-16(21(30)25(26,27)23(31)32)13-14-19(20)28-22(29)24(33,17-9-5-3-6-10-17)18-11-7-4-8-12-18/h3-15,33H,2H2,1H3,(H,31,32). The zero-order chi connectivity index (χ0) is 23.8. The average Bonchev–Trinajstić information content (AvgIpc) is 3.22. The monoisotopic (exact) mass is 450 g/mol. The molecule has 33 heavy (non-hydrogen) atoms. The van der Waals surface area contributed by atoms with Crippen LogP contribution in [0.15, 0.2) is 78.9 Å². The summed E-state index contributed by atoms with van der Waals surface area (Å²) in [6, 6.07) is 21.5. The second-order valence-corrected chi connectivity index (χ2v) is 7.53. The Morgan fingerprint density at radius 1 is 0.939 bits per heavy atom. The molecule has 0 saturated carbocycles. The lowest BCUT2D eigenvalue weighted by molar-refractivity contribution is -0.157. The lowest BCUT2D eigenvalue weighted by atomic mass is 9.85. The topological polar surface area (TPSA) is 92.4 Å². The Bertz CT molecular complexity index is 1300. The van der Waals surface area contributed by atoms with Crippen LogP contribution >= 0.6 is 0 Å². The van der Waals surface area contributed by atoms with E-state index in [0.717, 1.165) is 6.07 Å². The summed E-state index contributed by atoms with van der Waals surface area (Å²) >= 11 is 0. The van der Waals surface area contributed by atoms with Gasteiger partial charge in [-0.2, -0.15) is 8.78 Å². The number of benzene rings is 3. The van der Waals surface area contributed by atoms with Crippen molar-refractivity contribution in [1.82, 2.24) is 9.55 Å². The third kappa shape index (κ3) is 3.58. The summed E-state index contributed by atoms with van der Waals surface area (Å²) in [4.78, 5) is 27.6. The number of aryl methyl sites for hydroxylation is 1. The number of rotatable bonds is 7. The third-order valence-electron chi connectivity index (χ3n) is 5.59. The van der Waals surface area contributed by atoms with Gasteiger partial charge in [0.25, 0.3) is 0 Å². The van der Waals surface area contributed by atoms with Crippen LogP contribution in [-0.4, -0.2) is 37.4 Å². The summed E-state index contributed by atoms with van der Waals surface area (Å²) in [5, 5.41) is 20.8. The van der Waals surface area contributed by atoms with E-state index in [1.807, 2.05) is 12.1 Å². The molecule has 8 heteroatoms. The van der Waals surface area contributed by atoms with Crippen molar-refractivity contribution in [3.05, 3.63) is 101 Å². The van der Waals surface area contributed by atoms with Crippen LogP contribution in [0.3, 0.4) is 0 Å². The Hall–Kier alpha value is -3.91. The number of carbonyl (C=O) groups is 2. The van der Waals surface area contributed by atoms with Gasteiger partial charge >= 0.3 is 11.9 Å². The van der Waals surface area contributed by atoms with Gasteiger partial charge in [-0.3, -0.25) is 4.79 Å². The number of aromatic nitrogens is 2. The first-order valence-corrected chi connectivity index (χ1v) is 10.2. The number of alkyl halides is 2. The number of carbonyl (C=O) groups excluding carboxylic acids is 1. The van der Waals surface area contributed by atoms with Gasteiger partial charge in [-0.15, -0.1) is 0 Å². The van der Waals surface area contributed by atoms with Crippen molar-refractivity contribution in [2.45, 2.75) is 25.0 Å². The molecule has 0 saturated heterocycles. The molecule has 3 aromatic carbocycles. The number of aliphatic hydroxyl groups is 1. The molecule has 2 N–H and O–H groups in total. The second kappa shape index (κ2) is 8.22. The molecule has 0 bridgehead atoms. The molecule has 0 aliphatic heterocycles. The number of Topliss-reactive ketones (excluding diaryl/α,β-unsaturated/α-hetero) is 1. The molecule has 0 amide bonds. The van der Waals surface area contributed by atoms with Crippen LogP contribution in [0.4, 0.5) is 8.78 Å². The maximum absolute atomic E-state index is 13.8. The molecule has 4 aromatic rings. The van der Waals surface area contributed by atoms with Crippen molar-refractivity contribution in [3.8, 4) is 0 Å². The molecule has 168 valence electrons. The molecule has 0 aliphatic rings. The van der Waals surface area contributed by atoms with Gasteiger partial charge in [0.05, 0.1) is 11.0 Å². The highest BCUT2D eigenvalue weighted by Gasteiger charge is 2.48. The normalized spacial score (nSPS) is 12.1. The van der Waals surface area contributed by atoms with E-state index in [-0.39, 0.29) is 5.82 Å². The van der Waals surface area contributed by atoms with Gasteiger partial charge < -0.3 is 14.8 Å². The van der Waals surface area contributed by atoms with Crippen molar-refractivity contribution >= 4 is 22.8 Å². The summed E-state index contributed by atoms with van der Waals surface area (Å²) in [5.74, 6) is -8.64. The third-order valence-corrected chi connectivity index (χ3v) is 5.59. The fourth-order valence-electron chi connectivity index (χ4n) is 3.92. The number of carboxylic acid groups (broad SMARTS) is 1. The van der Waals surface area contributed by atoms with Crippen LogP contribution in [0.5, 0.6) is 0 Å². The maximum atomic E-state index is 13.8. The summed E-state index contributed by atoms with van der Waals surface area (Å²) in [6.45, 7) is 2.10. The molecule has 0 unspecified atom stereocenters. The van der Waals surface area contributed by atoms with Gasteiger partial charge in [0.1, 0.15) is 0 Å². The Kier molecular flexibility index (Phi) is 5.55. The highest BCUT2D eigenvalue weighted by atomic mass is 19.3. The van der Waals surface area contributed by atoms with E-state index in [2.05, 4.69) is 4.98 Å². The number of hydrogen-bond donors (Lipinski definition) is 2. The highest BCUT2D eigenvalue weighted by Crippen LogP contribution is 2.38. The molecule has 4 rings (SSSR count). The number of halogens is 2. The van der Waals surface area contributed by atoms with E-state index in [4.69, 9.17) is 5.11 Å². The number of aliphatic carboxylic acids is 1. The molecule has 1 heterocycles. The second-order valence-electron chi connectivity index (χ2n) is 7.53. The van der Waals surface area contributed by atoms with Crippen molar-refractivity contribution < 1.29 is 28.6 Å². The van der Waals surface area contributed by atoms with Gasteiger partial charge in [-0.1, -0.05) is 60.7 Å². The summed E-state index contributed by atoms with van der Waals surface area (Å²) in [7, 11) is 0. The number of fused-ring (bicyclic) bond motifs is 1. The first-order chi connectivity index (χ1) is 15.7. The molecule has 0 radical (unpaired) electrons. The quantitative estimate of drug-likeness (QED) is 0.325. The van der Waals surface area contributed by atoms with Crippen LogP contribution < -0.4 is 0 Å². The zero-order valence-electron chi connectivity index (χ0n) is 17.6. The van der Waals surface area contributed by atoms with Gasteiger partial charge in [-0.25, -0.2) is 9.78 Å². The first-order valence-electron chi connectivity index (χ1n) is 10.2.